The first-order valence-corrected chi connectivity index (χ1v) is 6.93. The van der Waals surface area contributed by atoms with Crippen molar-refractivity contribution in [2.45, 2.75) is 18.1 Å². The molecule has 0 amide bonds. The number of halogens is 4. The zero-order valence-electron chi connectivity index (χ0n) is 12.5. The maximum Gasteiger partial charge on any atom is 0.416 e. The Hall–Kier alpha value is -3.06. The maximum atomic E-state index is 13.1. The van der Waals surface area contributed by atoms with Crippen molar-refractivity contribution in [3.8, 4) is 0 Å². The third-order valence-electron chi connectivity index (χ3n) is 3.57. The van der Waals surface area contributed by atoms with Gasteiger partial charge in [-0.2, -0.15) is 13.2 Å². The number of rotatable bonds is 5. The van der Waals surface area contributed by atoms with E-state index in [0.29, 0.717) is 5.56 Å². The van der Waals surface area contributed by atoms with Crippen LogP contribution in [0.3, 0.4) is 0 Å². The van der Waals surface area contributed by atoms with Gasteiger partial charge in [-0.3, -0.25) is 4.79 Å². The number of carboxylic acid groups (broad SMARTS) is 1. The molecule has 2 aromatic rings. The van der Waals surface area contributed by atoms with E-state index in [4.69, 9.17) is 5.53 Å². The molecule has 2 aromatic carbocycles. The Kier molecular flexibility index (Phi) is 5.29. The van der Waals surface area contributed by atoms with Crippen molar-refractivity contribution >= 4 is 5.97 Å². The zero-order chi connectivity index (χ0) is 18.6. The Labute approximate surface area is 139 Å². The van der Waals surface area contributed by atoms with Gasteiger partial charge in [0.05, 0.1) is 5.56 Å². The summed E-state index contributed by atoms with van der Waals surface area (Å²) in [6.45, 7) is 0. The van der Waals surface area contributed by atoms with Gasteiger partial charge >= 0.3 is 12.1 Å². The minimum atomic E-state index is -4.54. The van der Waals surface area contributed by atoms with E-state index < -0.39 is 35.5 Å². The molecule has 0 saturated carbocycles. The van der Waals surface area contributed by atoms with Crippen molar-refractivity contribution in [2.75, 3.05) is 0 Å². The quantitative estimate of drug-likeness (QED) is 0.364. The molecule has 0 aliphatic carbocycles. The molecular formula is C16H11F4N3O2. The number of hydrogen-bond acceptors (Lipinski definition) is 2. The van der Waals surface area contributed by atoms with Crippen molar-refractivity contribution in [2.24, 2.45) is 5.11 Å². The molecule has 0 aromatic heterocycles. The number of alkyl halides is 3. The van der Waals surface area contributed by atoms with Gasteiger partial charge in [0.15, 0.2) is 0 Å². The molecule has 2 rings (SSSR count). The second-order valence-electron chi connectivity index (χ2n) is 5.14. The Balaban J connectivity index is 2.56. The second kappa shape index (κ2) is 7.23. The summed E-state index contributed by atoms with van der Waals surface area (Å²) in [7, 11) is 0. The van der Waals surface area contributed by atoms with E-state index in [0.717, 1.165) is 36.4 Å². The third kappa shape index (κ3) is 4.27. The smallest absolute Gasteiger partial charge is 0.416 e. The fourth-order valence-corrected chi connectivity index (χ4v) is 2.42. The molecule has 5 nitrogen and oxygen atoms in total. The van der Waals surface area contributed by atoms with Crippen molar-refractivity contribution in [3.63, 3.8) is 0 Å². The van der Waals surface area contributed by atoms with E-state index in [1.54, 1.807) is 0 Å². The van der Waals surface area contributed by atoms with E-state index in [-0.39, 0.29) is 5.56 Å². The lowest BCUT2D eigenvalue weighted by molar-refractivity contribution is -0.139. The summed E-state index contributed by atoms with van der Waals surface area (Å²) < 4.78 is 51.2. The monoisotopic (exact) mass is 353 g/mol. The molecule has 0 unspecified atom stereocenters. The Morgan fingerprint density at radius 1 is 1.04 bits per heavy atom. The molecule has 0 fully saturated rings. The zero-order valence-corrected chi connectivity index (χ0v) is 12.5. The average Bonchev–Trinajstić information content (AvgIpc) is 2.55. The summed E-state index contributed by atoms with van der Waals surface area (Å²) >= 11 is 0. The highest BCUT2D eigenvalue weighted by atomic mass is 19.4. The standard InChI is InChI=1S/C16H11F4N3O2/c17-12-7-3-10(4-8-12)13(14(15(24)25)22-23-21)9-1-5-11(6-2-9)16(18,19)20/h1-8,13-14H,(H,24,25)/t13-,14-/m1/s1. The van der Waals surface area contributed by atoms with Crippen molar-refractivity contribution < 1.29 is 27.5 Å². The number of azide groups is 1. The lowest BCUT2D eigenvalue weighted by Gasteiger charge is -2.22. The largest absolute Gasteiger partial charge is 0.481 e. The third-order valence-corrected chi connectivity index (χ3v) is 3.57. The predicted octanol–water partition coefficient (Wildman–Crippen LogP) is 4.74. The van der Waals surface area contributed by atoms with Gasteiger partial charge in [0, 0.05) is 10.8 Å². The van der Waals surface area contributed by atoms with Crippen LogP contribution >= 0.6 is 0 Å². The van der Waals surface area contributed by atoms with E-state index in [9.17, 15) is 27.5 Å². The maximum absolute atomic E-state index is 13.1. The molecule has 0 heterocycles. The molecule has 0 saturated heterocycles. The van der Waals surface area contributed by atoms with E-state index >= 15 is 0 Å². The minimum Gasteiger partial charge on any atom is -0.481 e. The van der Waals surface area contributed by atoms with E-state index in [1.807, 2.05) is 0 Å². The first kappa shape index (κ1) is 18.3. The van der Waals surface area contributed by atoms with Crippen LogP contribution in [0, 0.1) is 5.82 Å². The molecule has 0 spiro atoms. The normalized spacial score (nSPS) is 13.6. The van der Waals surface area contributed by atoms with Crippen LogP contribution < -0.4 is 0 Å². The van der Waals surface area contributed by atoms with Gasteiger partial charge in [-0.05, 0) is 40.9 Å². The molecular weight excluding hydrogens is 342 g/mol. The van der Waals surface area contributed by atoms with Gasteiger partial charge in [-0.1, -0.05) is 29.4 Å². The fourth-order valence-electron chi connectivity index (χ4n) is 2.42. The molecule has 0 aliphatic rings. The van der Waals surface area contributed by atoms with Gasteiger partial charge in [0.25, 0.3) is 0 Å². The minimum absolute atomic E-state index is 0.194. The lowest BCUT2D eigenvalue weighted by Crippen LogP contribution is -2.26. The molecule has 0 radical (unpaired) electrons. The first-order valence-electron chi connectivity index (χ1n) is 6.93. The van der Waals surface area contributed by atoms with Crippen LogP contribution in [0.25, 0.3) is 10.4 Å². The summed E-state index contributed by atoms with van der Waals surface area (Å²) in [6, 6.07) is 6.98. The molecule has 0 bridgehead atoms. The molecule has 9 heteroatoms. The van der Waals surface area contributed by atoms with Crippen LogP contribution in [-0.4, -0.2) is 17.1 Å². The van der Waals surface area contributed by atoms with Crippen LogP contribution in [0.2, 0.25) is 0 Å². The summed E-state index contributed by atoms with van der Waals surface area (Å²) in [5.41, 5.74) is 8.20. The van der Waals surface area contributed by atoms with Gasteiger partial charge in [0.2, 0.25) is 0 Å². The summed E-state index contributed by atoms with van der Waals surface area (Å²) in [5, 5.41) is 12.6. The number of benzene rings is 2. The molecule has 1 N–H and O–H groups in total. The predicted molar refractivity (Wildman–Crippen MR) is 80.3 cm³/mol. The van der Waals surface area contributed by atoms with E-state index in [2.05, 4.69) is 10.0 Å². The van der Waals surface area contributed by atoms with Crippen molar-refractivity contribution in [1.29, 1.82) is 0 Å². The summed E-state index contributed by atoms with van der Waals surface area (Å²) in [6.07, 6.45) is -4.54. The highest BCUT2D eigenvalue weighted by Gasteiger charge is 2.33. The molecule has 130 valence electrons. The molecule has 0 aliphatic heterocycles. The summed E-state index contributed by atoms with van der Waals surface area (Å²) in [4.78, 5) is 13.9. The van der Waals surface area contributed by atoms with Gasteiger partial charge in [-0.15, -0.1) is 0 Å². The van der Waals surface area contributed by atoms with Crippen molar-refractivity contribution in [3.05, 3.63) is 81.5 Å². The first-order chi connectivity index (χ1) is 11.7. The van der Waals surface area contributed by atoms with Gasteiger partial charge < -0.3 is 5.11 Å². The van der Waals surface area contributed by atoms with Gasteiger partial charge in [-0.25, -0.2) is 4.39 Å². The van der Waals surface area contributed by atoms with Crippen LogP contribution in [0.1, 0.15) is 22.6 Å². The second-order valence-corrected chi connectivity index (χ2v) is 5.14. The Bertz CT molecular complexity index is 796. The number of nitrogens with zero attached hydrogens (tertiary/aromatic N) is 3. The fraction of sp³-hybridized carbons (Fsp3) is 0.188. The van der Waals surface area contributed by atoms with Crippen LogP contribution in [0.15, 0.2) is 53.6 Å². The average molecular weight is 353 g/mol. The van der Waals surface area contributed by atoms with Crippen molar-refractivity contribution in [1.82, 2.24) is 0 Å². The van der Waals surface area contributed by atoms with Gasteiger partial charge in [0.1, 0.15) is 11.9 Å². The van der Waals surface area contributed by atoms with E-state index in [1.165, 1.54) is 12.1 Å². The lowest BCUT2D eigenvalue weighted by atomic mass is 9.85. The SMILES string of the molecule is [N-]=[N+]=N[C@@H](C(=O)O)[C@@H](c1ccc(F)cc1)c1ccc(C(F)(F)F)cc1. The highest BCUT2D eigenvalue weighted by molar-refractivity contribution is 5.76. The Morgan fingerprint density at radius 2 is 1.52 bits per heavy atom. The van der Waals surface area contributed by atoms with Crippen LogP contribution in [0.5, 0.6) is 0 Å². The number of carbonyl (C=O) groups is 1. The topological polar surface area (TPSA) is 86.1 Å². The van der Waals surface area contributed by atoms with Crippen LogP contribution in [-0.2, 0) is 11.0 Å². The molecule has 2 atom stereocenters. The van der Waals surface area contributed by atoms with Crippen LogP contribution in [0.4, 0.5) is 17.6 Å². The Morgan fingerprint density at radius 3 is 1.92 bits per heavy atom. The highest BCUT2D eigenvalue weighted by Crippen LogP contribution is 2.34. The molecule has 25 heavy (non-hydrogen) atoms. The number of hydrogen-bond donors (Lipinski definition) is 1. The number of aliphatic carboxylic acids is 1. The number of carboxylic acids is 1. The summed E-state index contributed by atoms with van der Waals surface area (Å²) in [5.74, 6) is -3.09.